The third-order valence-electron chi connectivity index (χ3n) is 1.66. The second kappa shape index (κ2) is 14.0. The highest BCUT2D eigenvalue weighted by Gasteiger charge is 2.04. The Morgan fingerprint density at radius 1 is 1.08 bits per heavy atom. The van der Waals surface area contributed by atoms with Crippen molar-refractivity contribution >= 4 is 24.8 Å². The van der Waals surface area contributed by atoms with Gasteiger partial charge in [-0.1, -0.05) is 6.92 Å². The standard InChI is InChI=1S/C6H14N2.2ClH.2H2O/c1-2-8-5-3-7-4-6-8;;;;/h7H,2-6H2,1H3;2*1H;2*1H2. The van der Waals surface area contributed by atoms with E-state index in [4.69, 9.17) is 0 Å². The first-order chi connectivity index (χ1) is 3.93. The van der Waals surface area contributed by atoms with Crippen LogP contribution < -0.4 is 5.32 Å². The predicted octanol–water partition coefficient (Wildman–Crippen LogP) is -0.894. The SMILES string of the molecule is CCN1CCNCC1.Cl.Cl.O.O. The van der Waals surface area contributed by atoms with Gasteiger partial charge in [-0.15, -0.1) is 24.8 Å². The third kappa shape index (κ3) is 8.52. The molecule has 80 valence electrons. The molecule has 0 aromatic carbocycles. The minimum atomic E-state index is 0. The van der Waals surface area contributed by atoms with Crippen molar-refractivity contribution < 1.29 is 11.0 Å². The molecular weight excluding hydrogens is 203 g/mol. The van der Waals surface area contributed by atoms with Gasteiger partial charge in [-0.3, -0.25) is 0 Å². The molecule has 0 aromatic rings. The maximum Gasteiger partial charge on any atom is 0.0107 e. The van der Waals surface area contributed by atoms with Crippen LogP contribution in [0.15, 0.2) is 0 Å². The van der Waals surface area contributed by atoms with Crippen LogP contribution in [0.1, 0.15) is 6.92 Å². The summed E-state index contributed by atoms with van der Waals surface area (Å²) in [5.41, 5.74) is 0. The maximum absolute atomic E-state index is 3.31. The van der Waals surface area contributed by atoms with Gasteiger partial charge in [0, 0.05) is 26.2 Å². The summed E-state index contributed by atoms with van der Waals surface area (Å²) in [6.45, 7) is 8.24. The smallest absolute Gasteiger partial charge is 0.0107 e. The van der Waals surface area contributed by atoms with Crippen molar-refractivity contribution in [2.45, 2.75) is 6.92 Å². The van der Waals surface area contributed by atoms with Crippen LogP contribution in [0.25, 0.3) is 0 Å². The van der Waals surface area contributed by atoms with Crippen LogP contribution in [0.5, 0.6) is 0 Å². The Bertz CT molecular complexity index is 72.6. The van der Waals surface area contributed by atoms with Crippen molar-refractivity contribution in [1.29, 1.82) is 0 Å². The molecule has 0 unspecified atom stereocenters. The lowest BCUT2D eigenvalue weighted by Gasteiger charge is -2.25. The molecule has 0 bridgehead atoms. The fourth-order valence-corrected chi connectivity index (χ4v) is 1.03. The highest BCUT2D eigenvalue weighted by atomic mass is 35.5. The Hall–Kier alpha value is 0.420. The maximum atomic E-state index is 3.31. The van der Waals surface area contributed by atoms with E-state index in [0.717, 1.165) is 0 Å². The van der Waals surface area contributed by atoms with Crippen LogP contribution >= 0.6 is 24.8 Å². The lowest BCUT2D eigenvalue weighted by Crippen LogP contribution is -2.43. The van der Waals surface area contributed by atoms with Gasteiger partial charge in [0.1, 0.15) is 0 Å². The zero-order valence-electron chi connectivity index (χ0n) is 7.30. The van der Waals surface area contributed by atoms with Crippen LogP contribution in [-0.2, 0) is 0 Å². The molecular formula is C6H20Cl2N2O2. The van der Waals surface area contributed by atoms with Crippen LogP contribution in [0.3, 0.4) is 0 Å². The number of piperazine rings is 1. The van der Waals surface area contributed by atoms with E-state index < -0.39 is 0 Å². The van der Waals surface area contributed by atoms with Gasteiger partial charge in [-0.05, 0) is 6.54 Å². The largest absolute Gasteiger partial charge is 0.412 e. The van der Waals surface area contributed by atoms with Crippen molar-refractivity contribution in [3.8, 4) is 0 Å². The highest BCUT2D eigenvalue weighted by molar-refractivity contribution is 5.85. The first kappa shape index (κ1) is 22.8. The normalized spacial score (nSPS) is 15.8. The van der Waals surface area contributed by atoms with Gasteiger partial charge in [-0.2, -0.15) is 0 Å². The Kier molecular flexibility index (Phi) is 26.6. The minimum absolute atomic E-state index is 0. The zero-order chi connectivity index (χ0) is 5.82. The summed E-state index contributed by atoms with van der Waals surface area (Å²) in [7, 11) is 0. The molecule has 1 rings (SSSR count). The number of nitrogens with one attached hydrogen (secondary N) is 1. The summed E-state index contributed by atoms with van der Waals surface area (Å²) in [6, 6.07) is 0. The van der Waals surface area contributed by atoms with E-state index in [-0.39, 0.29) is 35.8 Å². The van der Waals surface area contributed by atoms with Crippen molar-refractivity contribution in [3.63, 3.8) is 0 Å². The van der Waals surface area contributed by atoms with Crippen molar-refractivity contribution in [3.05, 3.63) is 0 Å². The number of nitrogens with zero attached hydrogens (tertiary/aromatic N) is 1. The molecule has 5 N–H and O–H groups in total. The van der Waals surface area contributed by atoms with Gasteiger partial charge in [0.05, 0.1) is 0 Å². The zero-order valence-corrected chi connectivity index (χ0v) is 8.93. The summed E-state index contributed by atoms with van der Waals surface area (Å²) >= 11 is 0. The van der Waals surface area contributed by atoms with Gasteiger partial charge in [0.2, 0.25) is 0 Å². The van der Waals surface area contributed by atoms with Gasteiger partial charge >= 0.3 is 0 Å². The highest BCUT2D eigenvalue weighted by Crippen LogP contribution is 1.88. The lowest BCUT2D eigenvalue weighted by molar-refractivity contribution is 0.253. The van der Waals surface area contributed by atoms with E-state index in [1.165, 1.54) is 32.7 Å². The van der Waals surface area contributed by atoms with E-state index in [1.807, 2.05) is 0 Å². The van der Waals surface area contributed by atoms with Gasteiger partial charge in [0.25, 0.3) is 0 Å². The Morgan fingerprint density at radius 3 is 1.75 bits per heavy atom. The molecule has 0 aliphatic carbocycles. The minimum Gasteiger partial charge on any atom is -0.412 e. The van der Waals surface area contributed by atoms with Crippen LogP contribution in [0, 0.1) is 0 Å². The average Bonchev–Trinajstić information content (AvgIpc) is 1.90. The average molecular weight is 223 g/mol. The summed E-state index contributed by atoms with van der Waals surface area (Å²) < 4.78 is 0. The predicted molar refractivity (Wildman–Crippen MR) is 56.7 cm³/mol. The monoisotopic (exact) mass is 222 g/mol. The number of halogens is 2. The van der Waals surface area contributed by atoms with Crippen molar-refractivity contribution in [1.82, 2.24) is 10.2 Å². The third-order valence-corrected chi connectivity index (χ3v) is 1.66. The Labute approximate surface area is 86.1 Å². The molecule has 1 aliphatic rings. The second-order valence-electron chi connectivity index (χ2n) is 2.18. The number of hydrogen-bond acceptors (Lipinski definition) is 2. The fraction of sp³-hybridized carbons (Fsp3) is 1.00. The molecule has 0 saturated carbocycles. The van der Waals surface area contributed by atoms with E-state index in [0.29, 0.717) is 0 Å². The first-order valence-corrected chi connectivity index (χ1v) is 3.36. The van der Waals surface area contributed by atoms with Gasteiger partial charge in [0.15, 0.2) is 0 Å². The molecule has 12 heavy (non-hydrogen) atoms. The van der Waals surface area contributed by atoms with Crippen molar-refractivity contribution in [2.75, 3.05) is 32.7 Å². The van der Waals surface area contributed by atoms with E-state index >= 15 is 0 Å². The molecule has 6 heteroatoms. The molecule has 1 heterocycles. The molecule has 1 saturated heterocycles. The number of rotatable bonds is 1. The molecule has 0 radical (unpaired) electrons. The first-order valence-electron chi connectivity index (χ1n) is 3.36. The molecule has 4 nitrogen and oxygen atoms in total. The second-order valence-corrected chi connectivity index (χ2v) is 2.18. The van der Waals surface area contributed by atoms with E-state index in [2.05, 4.69) is 17.1 Å². The summed E-state index contributed by atoms with van der Waals surface area (Å²) in [5, 5.41) is 3.31. The summed E-state index contributed by atoms with van der Waals surface area (Å²) in [6.07, 6.45) is 0. The molecule has 0 spiro atoms. The van der Waals surface area contributed by atoms with Crippen LogP contribution in [-0.4, -0.2) is 48.6 Å². The quantitative estimate of drug-likeness (QED) is 0.625. The molecule has 0 amide bonds. The Balaban J connectivity index is -0.0000000800. The number of likely N-dealkylation sites (N-methyl/N-ethyl adjacent to an activating group) is 1. The van der Waals surface area contributed by atoms with Crippen LogP contribution in [0.2, 0.25) is 0 Å². The molecule has 1 fully saturated rings. The summed E-state index contributed by atoms with van der Waals surface area (Å²) in [4.78, 5) is 2.45. The Morgan fingerprint density at radius 2 is 1.50 bits per heavy atom. The topological polar surface area (TPSA) is 78.3 Å². The van der Waals surface area contributed by atoms with Crippen LogP contribution in [0.4, 0.5) is 0 Å². The lowest BCUT2D eigenvalue weighted by atomic mass is 10.4. The van der Waals surface area contributed by atoms with Crippen molar-refractivity contribution in [2.24, 2.45) is 0 Å². The van der Waals surface area contributed by atoms with E-state index in [1.54, 1.807) is 0 Å². The summed E-state index contributed by atoms with van der Waals surface area (Å²) in [5.74, 6) is 0. The molecule has 0 atom stereocenters. The molecule has 1 aliphatic heterocycles. The number of hydrogen-bond donors (Lipinski definition) is 1. The van der Waals surface area contributed by atoms with Gasteiger partial charge < -0.3 is 21.2 Å². The van der Waals surface area contributed by atoms with Gasteiger partial charge in [-0.25, -0.2) is 0 Å². The molecule has 0 aromatic heterocycles. The van der Waals surface area contributed by atoms with E-state index in [9.17, 15) is 0 Å². The fourth-order valence-electron chi connectivity index (χ4n) is 1.03.